The average Bonchev–Trinajstić information content (AvgIpc) is 2.30. The summed E-state index contributed by atoms with van der Waals surface area (Å²) in [6.45, 7) is 3.18. The normalized spacial score (nSPS) is 13.5. The molecule has 1 radical (unpaired) electrons. The first-order valence-corrected chi connectivity index (χ1v) is 4.68. The van der Waals surface area contributed by atoms with E-state index in [-0.39, 0.29) is 44.3 Å². The van der Waals surface area contributed by atoms with Gasteiger partial charge in [0.2, 0.25) is 5.39 Å². The van der Waals surface area contributed by atoms with E-state index in [1.165, 1.54) is 0 Å². The van der Waals surface area contributed by atoms with Crippen molar-refractivity contribution in [1.82, 2.24) is 0 Å². The molecule has 1 aromatic rings. The van der Waals surface area contributed by atoms with Gasteiger partial charge in [0, 0.05) is 19.2 Å². The molecule has 0 atom stereocenters. The van der Waals surface area contributed by atoms with E-state index in [1.807, 2.05) is 18.2 Å². The van der Waals surface area contributed by atoms with Gasteiger partial charge < -0.3 is 34.5 Å². The molecule has 0 spiro atoms. The number of anilines is 1. The van der Waals surface area contributed by atoms with E-state index < -0.39 is 0 Å². The second-order valence-corrected chi connectivity index (χ2v) is 3.19. The molecule has 1 aliphatic heterocycles. The third-order valence-electron chi connectivity index (χ3n) is 2.34. The van der Waals surface area contributed by atoms with Crippen molar-refractivity contribution in [2.75, 3.05) is 31.2 Å². The largest absolute Gasteiger partial charge is 1.00 e. The molecule has 0 amide bonds. The van der Waals surface area contributed by atoms with E-state index in [0.717, 1.165) is 32.0 Å². The zero-order valence-electron chi connectivity index (χ0n) is 9.35. The summed E-state index contributed by atoms with van der Waals surface area (Å²) in [4.78, 5) is 5.43. The van der Waals surface area contributed by atoms with E-state index in [0.29, 0.717) is 5.69 Å². The molecule has 0 aromatic heterocycles. The quantitative estimate of drug-likeness (QED) is 0.390. The molecular weight excluding hydrogens is 314 g/mol. The Labute approximate surface area is 126 Å². The summed E-state index contributed by atoms with van der Waals surface area (Å²) in [5, 5.41) is 8.82. The predicted octanol–water partition coefficient (Wildman–Crippen LogP) is -3.99. The minimum atomic E-state index is 0. The van der Waals surface area contributed by atoms with E-state index in [1.54, 1.807) is 6.07 Å². The standard InChI is InChI=1S/C10H12N3O.2ClH.Zn/c11-12-9-3-1-2-4-10(9)13-5-7-14-8-6-13;;;/h1-4H,5-8H2;2*1H;/q+1;;;+1/p-2. The summed E-state index contributed by atoms with van der Waals surface area (Å²) in [6, 6.07) is 7.56. The molecule has 1 aromatic carbocycles. The number of para-hydroxylation sites is 1. The molecule has 7 heteroatoms. The molecule has 2 rings (SSSR count). The fourth-order valence-corrected chi connectivity index (χ4v) is 1.62. The van der Waals surface area contributed by atoms with Crippen LogP contribution < -0.4 is 29.7 Å². The molecular formula is C10H12Cl2N3OZn. The number of hydrogen-bond acceptors (Lipinski definition) is 3. The molecule has 0 saturated carbocycles. The van der Waals surface area contributed by atoms with E-state index in [4.69, 9.17) is 10.1 Å². The van der Waals surface area contributed by atoms with Crippen molar-refractivity contribution in [2.45, 2.75) is 0 Å². The van der Waals surface area contributed by atoms with Crippen LogP contribution in [0.5, 0.6) is 0 Å². The molecule has 0 unspecified atom stereocenters. The van der Waals surface area contributed by atoms with Gasteiger partial charge in [-0.1, -0.05) is 12.1 Å². The second kappa shape index (κ2) is 9.61. The molecule has 0 bridgehead atoms. The van der Waals surface area contributed by atoms with E-state index >= 15 is 0 Å². The van der Waals surface area contributed by atoms with Gasteiger partial charge in [0.15, 0.2) is 4.98 Å². The van der Waals surface area contributed by atoms with Gasteiger partial charge in [-0.15, -0.1) is 0 Å². The Kier molecular flexibility index (Phi) is 10.7. The minimum absolute atomic E-state index is 0. The smallest absolute Gasteiger partial charge is 1.00 e. The molecule has 1 heterocycles. The van der Waals surface area contributed by atoms with Gasteiger partial charge in [-0.3, -0.25) is 0 Å². The van der Waals surface area contributed by atoms with Gasteiger partial charge in [0.05, 0.1) is 13.2 Å². The van der Waals surface area contributed by atoms with Crippen molar-refractivity contribution < 1.29 is 49.0 Å². The maximum absolute atomic E-state index is 8.82. The Hall–Kier alpha value is -0.397. The molecule has 0 N–H and O–H groups in total. The third-order valence-corrected chi connectivity index (χ3v) is 2.34. The van der Waals surface area contributed by atoms with Crippen LogP contribution in [-0.4, -0.2) is 26.3 Å². The van der Waals surface area contributed by atoms with Crippen molar-refractivity contribution in [3.63, 3.8) is 0 Å². The van der Waals surface area contributed by atoms with Crippen LogP contribution in [0.3, 0.4) is 0 Å². The topological polar surface area (TPSA) is 40.6 Å². The van der Waals surface area contributed by atoms with Crippen molar-refractivity contribution in [3.8, 4) is 0 Å². The van der Waals surface area contributed by atoms with Gasteiger partial charge in [0.25, 0.3) is 0 Å². The summed E-state index contributed by atoms with van der Waals surface area (Å²) >= 11 is 0. The van der Waals surface area contributed by atoms with Crippen LogP contribution in [0.2, 0.25) is 0 Å². The minimum Gasteiger partial charge on any atom is -1.00 e. The molecule has 0 aliphatic carbocycles. The first-order chi connectivity index (χ1) is 6.92. The summed E-state index contributed by atoms with van der Waals surface area (Å²) in [5.74, 6) is 0. The van der Waals surface area contributed by atoms with Crippen molar-refractivity contribution >= 4 is 11.4 Å². The van der Waals surface area contributed by atoms with Crippen LogP contribution in [0.4, 0.5) is 11.4 Å². The third kappa shape index (κ3) is 4.77. The zero-order chi connectivity index (χ0) is 9.80. The van der Waals surface area contributed by atoms with Crippen molar-refractivity contribution in [3.05, 3.63) is 29.2 Å². The monoisotopic (exact) mass is 324 g/mol. The number of halogens is 2. The van der Waals surface area contributed by atoms with Crippen molar-refractivity contribution in [2.24, 2.45) is 0 Å². The fraction of sp³-hybridized carbons (Fsp3) is 0.400. The second-order valence-electron chi connectivity index (χ2n) is 3.19. The Morgan fingerprint density at radius 3 is 2.29 bits per heavy atom. The summed E-state index contributed by atoms with van der Waals surface area (Å²) in [5.41, 5.74) is 1.59. The number of benzene rings is 1. The number of nitrogens with zero attached hydrogens (tertiary/aromatic N) is 3. The molecule has 1 saturated heterocycles. The first-order valence-electron chi connectivity index (χ1n) is 4.68. The van der Waals surface area contributed by atoms with Crippen LogP contribution in [0, 0.1) is 5.39 Å². The SMILES string of the molecule is N#[N+]c1ccccc1N1CCOCC1.[Cl-].[Cl-].[Zn+]. The van der Waals surface area contributed by atoms with Gasteiger partial charge in [0.1, 0.15) is 5.69 Å². The number of hydrogen-bond donors (Lipinski definition) is 0. The van der Waals surface area contributed by atoms with Gasteiger partial charge in [-0.25, -0.2) is 0 Å². The van der Waals surface area contributed by atoms with E-state index in [2.05, 4.69) is 9.88 Å². The van der Waals surface area contributed by atoms with Crippen LogP contribution >= 0.6 is 0 Å². The Morgan fingerprint density at radius 2 is 1.71 bits per heavy atom. The van der Waals surface area contributed by atoms with Crippen LogP contribution in [0.25, 0.3) is 4.98 Å². The Balaban J connectivity index is 0. The molecule has 4 nitrogen and oxygen atoms in total. The predicted molar refractivity (Wildman–Crippen MR) is 54.2 cm³/mol. The average molecular weight is 327 g/mol. The first kappa shape index (κ1) is 19.0. The number of morpholine rings is 1. The summed E-state index contributed by atoms with van der Waals surface area (Å²) < 4.78 is 5.26. The molecule has 89 valence electrons. The number of diazo groups is 1. The van der Waals surface area contributed by atoms with Crippen LogP contribution in [0.1, 0.15) is 0 Å². The van der Waals surface area contributed by atoms with Gasteiger partial charge in [-0.05, 0) is 6.07 Å². The number of ether oxygens (including phenoxy) is 1. The summed E-state index contributed by atoms with van der Waals surface area (Å²) in [6.07, 6.45) is 0. The Bertz CT molecular complexity index is 367. The molecule has 1 aliphatic rings. The van der Waals surface area contributed by atoms with Crippen molar-refractivity contribution in [1.29, 1.82) is 5.39 Å². The maximum atomic E-state index is 8.82. The maximum Gasteiger partial charge on any atom is 1.00 e. The zero-order valence-corrected chi connectivity index (χ0v) is 13.8. The van der Waals surface area contributed by atoms with Crippen LogP contribution in [-0.2, 0) is 24.2 Å². The van der Waals surface area contributed by atoms with Gasteiger partial charge in [-0.2, -0.15) is 0 Å². The van der Waals surface area contributed by atoms with E-state index in [9.17, 15) is 0 Å². The fourth-order valence-electron chi connectivity index (χ4n) is 1.62. The summed E-state index contributed by atoms with van der Waals surface area (Å²) in [7, 11) is 0. The molecule has 17 heavy (non-hydrogen) atoms. The number of rotatable bonds is 1. The Morgan fingerprint density at radius 1 is 1.12 bits per heavy atom. The van der Waals surface area contributed by atoms with Gasteiger partial charge >= 0.3 is 25.2 Å². The molecule has 1 fully saturated rings. The van der Waals surface area contributed by atoms with Crippen LogP contribution in [0.15, 0.2) is 24.3 Å².